The quantitative estimate of drug-likeness (QED) is 0.490. The number of amides is 1. The minimum absolute atomic E-state index is 0.118. The third-order valence-electron chi connectivity index (χ3n) is 2.59. The van der Waals surface area contributed by atoms with Gasteiger partial charge in [0, 0.05) is 12.3 Å². The van der Waals surface area contributed by atoms with E-state index in [0.717, 1.165) is 0 Å². The van der Waals surface area contributed by atoms with Gasteiger partial charge in [-0.15, -0.1) is 5.10 Å². The van der Waals surface area contributed by atoms with E-state index in [9.17, 15) is 22.4 Å². The number of nitrogens with one attached hydrogen (secondary N) is 1. The Morgan fingerprint density at radius 3 is 2.83 bits per heavy atom. The number of benzene rings is 1. The predicted molar refractivity (Wildman–Crippen MR) is 73.5 cm³/mol. The van der Waals surface area contributed by atoms with E-state index < -0.39 is 17.9 Å². The van der Waals surface area contributed by atoms with Crippen LogP contribution in [0.4, 0.5) is 17.6 Å². The fraction of sp³-hybridized carbons (Fsp3) is 0.333. The Bertz CT molecular complexity index is 675. The highest BCUT2D eigenvalue weighted by atomic mass is 32.2. The molecule has 0 radical (unpaired) electrons. The van der Waals surface area contributed by atoms with Crippen LogP contribution in [-0.4, -0.2) is 44.6 Å². The number of hydrogen-bond donors (Lipinski definition) is 1. The van der Waals surface area contributed by atoms with Gasteiger partial charge in [0.05, 0.1) is 5.69 Å². The molecule has 1 aromatic heterocycles. The van der Waals surface area contributed by atoms with Gasteiger partial charge < -0.3 is 5.32 Å². The second-order valence-electron chi connectivity index (χ2n) is 4.31. The van der Waals surface area contributed by atoms with Crippen LogP contribution >= 0.6 is 11.8 Å². The van der Waals surface area contributed by atoms with Crippen molar-refractivity contribution < 1.29 is 22.4 Å². The first-order valence-corrected chi connectivity index (χ1v) is 7.38. The second kappa shape index (κ2) is 7.40. The zero-order valence-electron chi connectivity index (χ0n) is 11.5. The minimum Gasteiger partial charge on any atom is -0.348 e. The summed E-state index contributed by atoms with van der Waals surface area (Å²) in [5.74, 6) is -2.02. The average molecular weight is 349 g/mol. The van der Waals surface area contributed by atoms with Crippen LogP contribution in [-0.2, 0) is 4.79 Å². The van der Waals surface area contributed by atoms with Crippen LogP contribution in [0.15, 0.2) is 29.4 Å². The maximum Gasteiger partial charge on any atom is 0.471 e. The van der Waals surface area contributed by atoms with Gasteiger partial charge in [0.25, 0.3) is 0 Å². The van der Waals surface area contributed by atoms with Crippen LogP contribution in [0.1, 0.15) is 6.42 Å². The topological polar surface area (TPSA) is 72.7 Å². The van der Waals surface area contributed by atoms with Gasteiger partial charge in [-0.25, -0.2) is 4.39 Å². The van der Waals surface area contributed by atoms with E-state index in [1.54, 1.807) is 11.4 Å². The van der Waals surface area contributed by atoms with Gasteiger partial charge in [0.2, 0.25) is 5.16 Å². The molecule has 0 aliphatic carbocycles. The lowest BCUT2D eigenvalue weighted by atomic mass is 10.3. The molecule has 1 N–H and O–H groups in total. The molecule has 124 valence electrons. The summed E-state index contributed by atoms with van der Waals surface area (Å²) in [4.78, 5) is 10.6. The molecule has 0 saturated carbocycles. The summed E-state index contributed by atoms with van der Waals surface area (Å²) in [5, 5.41) is 13.1. The third kappa shape index (κ3) is 4.91. The van der Waals surface area contributed by atoms with Gasteiger partial charge in [0.15, 0.2) is 0 Å². The lowest BCUT2D eigenvalue weighted by Gasteiger charge is -2.07. The number of hydrogen-bond acceptors (Lipinski definition) is 5. The molecule has 0 aliphatic heterocycles. The fourth-order valence-electron chi connectivity index (χ4n) is 1.58. The van der Waals surface area contributed by atoms with Crippen molar-refractivity contribution in [3.63, 3.8) is 0 Å². The van der Waals surface area contributed by atoms with Crippen molar-refractivity contribution in [3.8, 4) is 5.69 Å². The summed E-state index contributed by atoms with van der Waals surface area (Å²) in [6.07, 6.45) is -4.59. The normalized spacial score (nSPS) is 11.5. The fourth-order valence-corrected chi connectivity index (χ4v) is 2.41. The van der Waals surface area contributed by atoms with E-state index >= 15 is 0 Å². The molecule has 0 saturated heterocycles. The summed E-state index contributed by atoms with van der Waals surface area (Å²) in [6.45, 7) is -0.118. The number of alkyl halides is 3. The monoisotopic (exact) mass is 349 g/mol. The van der Waals surface area contributed by atoms with Crippen molar-refractivity contribution in [2.75, 3.05) is 12.3 Å². The van der Waals surface area contributed by atoms with Crippen LogP contribution < -0.4 is 5.32 Å². The van der Waals surface area contributed by atoms with Gasteiger partial charge in [-0.2, -0.15) is 17.9 Å². The first kappa shape index (κ1) is 17.2. The van der Waals surface area contributed by atoms with Crippen LogP contribution in [0, 0.1) is 5.82 Å². The van der Waals surface area contributed by atoms with Crippen LogP contribution in [0.25, 0.3) is 5.69 Å². The number of nitrogens with zero attached hydrogens (tertiary/aromatic N) is 4. The van der Waals surface area contributed by atoms with Crippen LogP contribution in [0.3, 0.4) is 0 Å². The van der Waals surface area contributed by atoms with Gasteiger partial charge >= 0.3 is 12.1 Å². The number of rotatable bonds is 6. The lowest BCUT2D eigenvalue weighted by molar-refractivity contribution is -0.173. The molecule has 23 heavy (non-hydrogen) atoms. The van der Waals surface area contributed by atoms with Gasteiger partial charge in [-0.05, 0) is 35.0 Å². The van der Waals surface area contributed by atoms with Crippen molar-refractivity contribution in [1.82, 2.24) is 25.5 Å². The molecule has 0 fully saturated rings. The van der Waals surface area contributed by atoms with Crippen molar-refractivity contribution in [2.45, 2.75) is 17.8 Å². The van der Waals surface area contributed by atoms with E-state index in [-0.39, 0.29) is 6.54 Å². The maximum absolute atomic E-state index is 13.2. The van der Waals surface area contributed by atoms with Crippen LogP contribution in [0.5, 0.6) is 0 Å². The Morgan fingerprint density at radius 1 is 1.35 bits per heavy atom. The molecule has 0 unspecified atom stereocenters. The second-order valence-corrected chi connectivity index (χ2v) is 5.37. The molecule has 0 atom stereocenters. The molecular weight excluding hydrogens is 338 g/mol. The Morgan fingerprint density at radius 2 is 2.13 bits per heavy atom. The maximum atomic E-state index is 13.2. The first-order chi connectivity index (χ1) is 10.9. The van der Waals surface area contributed by atoms with Crippen molar-refractivity contribution >= 4 is 17.7 Å². The standard InChI is InChI=1S/C12H11F4N5OS/c13-8-3-1-4-9(7-8)21-11(18-19-20-21)23-6-2-5-17-10(22)12(14,15)16/h1,3-4,7H,2,5-6H2,(H,17,22). The Labute approximate surface area is 132 Å². The molecule has 2 aromatic rings. The molecule has 1 amide bonds. The molecule has 11 heteroatoms. The average Bonchev–Trinajstić information content (AvgIpc) is 2.94. The minimum atomic E-state index is -4.88. The summed E-state index contributed by atoms with van der Waals surface area (Å²) < 4.78 is 50.4. The number of halogens is 4. The van der Waals surface area contributed by atoms with E-state index in [1.807, 2.05) is 0 Å². The highest BCUT2D eigenvalue weighted by Crippen LogP contribution is 2.19. The van der Waals surface area contributed by atoms with Crippen molar-refractivity contribution in [2.24, 2.45) is 0 Å². The number of carbonyl (C=O) groups excluding carboxylic acids is 1. The molecule has 0 bridgehead atoms. The highest BCUT2D eigenvalue weighted by molar-refractivity contribution is 7.99. The summed E-state index contributed by atoms with van der Waals surface area (Å²) in [5.41, 5.74) is 0.433. The molecule has 1 aromatic carbocycles. The molecule has 0 aliphatic rings. The molecule has 2 rings (SSSR count). The summed E-state index contributed by atoms with van der Waals surface area (Å²) in [6, 6.07) is 5.66. The number of aromatic nitrogens is 4. The van der Waals surface area contributed by atoms with E-state index in [1.165, 1.54) is 34.6 Å². The van der Waals surface area contributed by atoms with Gasteiger partial charge in [-0.3, -0.25) is 4.79 Å². The first-order valence-electron chi connectivity index (χ1n) is 6.40. The van der Waals surface area contributed by atoms with Crippen molar-refractivity contribution in [1.29, 1.82) is 0 Å². The number of thioether (sulfide) groups is 1. The molecule has 6 nitrogen and oxygen atoms in total. The SMILES string of the molecule is O=C(NCCCSc1nnnn1-c1cccc(F)c1)C(F)(F)F. The summed E-state index contributed by atoms with van der Waals surface area (Å²) in [7, 11) is 0. The Balaban J connectivity index is 1.84. The third-order valence-corrected chi connectivity index (χ3v) is 3.59. The molecular formula is C12H11F4N5OS. The smallest absolute Gasteiger partial charge is 0.348 e. The lowest BCUT2D eigenvalue weighted by Crippen LogP contribution is -2.37. The van der Waals surface area contributed by atoms with Crippen LogP contribution in [0.2, 0.25) is 0 Å². The van der Waals surface area contributed by atoms with E-state index in [4.69, 9.17) is 0 Å². The zero-order valence-corrected chi connectivity index (χ0v) is 12.4. The largest absolute Gasteiger partial charge is 0.471 e. The highest BCUT2D eigenvalue weighted by Gasteiger charge is 2.38. The van der Waals surface area contributed by atoms with Gasteiger partial charge in [-0.1, -0.05) is 17.8 Å². The Hall–Kier alpha value is -2.17. The number of tetrazole rings is 1. The summed E-state index contributed by atoms with van der Waals surface area (Å²) >= 11 is 1.19. The zero-order chi connectivity index (χ0) is 16.9. The van der Waals surface area contributed by atoms with E-state index in [0.29, 0.717) is 23.0 Å². The Kier molecular flexibility index (Phi) is 5.53. The molecule has 1 heterocycles. The van der Waals surface area contributed by atoms with Crippen molar-refractivity contribution in [3.05, 3.63) is 30.1 Å². The number of carbonyl (C=O) groups is 1. The predicted octanol–water partition coefficient (Wildman–Crippen LogP) is 1.96. The molecule has 0 spiro atoms. The van der Waals surface area contributed by atoms with E-state index in [2.05, 4.69) is 15.5 Å². The van der Waals surface area contributed by atoms with Gasteiger partial charge in [0.1, 0.15) is 5.82 Å².